The molecule has 28 heavy (non-hydrogen) atoms. The lowest BCUT2D eigenvalue weighted by Gasteiger charge is -2.09. The van der Waals surface area contributed by atoms with Crippen LogP contribution < -0.4 is 10.9 Å². The molecule has 144 valence electrons. The van der Waals surface area contributed by atoms with Crippen LogP contribution in [0.1, 0.15) is 31.0 Å². The molecule has 0 aliphatic rings. The van der Waals surface area contributed by atoms with Gasteiger partial charge in [0.05, 0.1) is 16.0 Å². The van der Waals surface area contributed by atoms with E-state index >= 15 is 0 Å². The summed E-state index contributed by atoms with van der Waals surface area (Å²) in [6.07, 6.45) is 0. The van der Waals surface area contributed by atoms with Crippen LogP contribution in [-0.2, 0) is 4.79 Å². The lowest BCUT2D eigenvalue weighted by atomic mass is 10.1. The predicted molar refractivity (Wildman–Crippen MR) is 111 cm³/mol. The van der Waals surface area contributed by atoms with Crippen molar-refractivity contribution in [3.63, 3.8) is 0 Å². The normalized spacial score (nSPS) is 11.6. The van der Waals surface area contributed by atoms with Crippen molar-refractivity contribution in [2.24, 2.45) is 0 Å². The molecule has 10 heteroatoms. The van der Waals surface area contributed by atoms with Gasteiger partial charge in [-0.25, -0.2) is 4.98 Å². The van der Waals surface area contributed by atoms with Crippen molar-refractivity contribution in [1.29, 1.82) is 0 Å². The number of hydrogen-bond donors (Lipinski definition) is 2. The molecule has 0 aliphatic carbocycles. The number of aromatic nitrogens is 5. The minimum atomic E-state index is -0.219. The van der Waals surface area contributed by atoms with Crippen LogP contribution in [0.5, 0.6) is 0 Å². The van der Waals surface area contributed by atoms with Crippen molar-refractivity contribution in [3.8, 4) is 0 Å². The minimum Gasteiger partial charge on any atom is -0.301 e. The Morgan fingerprint density at radius 1 is 1.32 bits per heavy atom. The van der Waals surface area contributed by atoms with Gasteiger partial charge in [-0.1, -0.05) is 43.0 Å². The number of fused-ring (bicyclic) bond motifs is 2. The molecule has 0 spiro atoms. The summed E-state index contributed by atoms with van der Waals surface area (Å²) in [5, 5.41) is 12.1. The highest BCUT2D eigenvalue weighted by atomic mass is 32.2. The van der Waals surface area contributed by atoms with Gasteiger partial charge in [-0.3, -0.25) is 19.0 Å². The van der Waals surface area contributed by atoms with Crippen LogP contribution in [0, 0.1) is 6.92 Å². The molecule has 0 radical (unpaired) electrons. The number of benzene rings is 1. The third-order valence-electron chi connectivity index (χ3n) is 4.12. The molecule has 0 bridgehead atoms. The van der Waals surface area contributed by atoms with Gasteiger partial charge in [0.1, 0.15) is 0 Å². The van der Waals surface area contributed by atoms with Gasteiger partial charge in [0, 0.05) is 11.8 Å². The van der Waals surface area contributed by atoms with Gasteiger partial charge in [-0.05, 0) is 30.5 Å². The average molecular weight is 415 g/mol. The van der Waals surface area contributed by atoms with E-state index in [2.05, 4.69) is 25.5 Å². The molecule has 0 unspecified atom stereocenters. The Labute approximate surface area is 168 Å². The molecule has 0 saturated carbocycles. The number of aromatic amines is 1. The van der Waals surface area contributed by atoms with Gasteiger partial charge >= 0.3 is 0 Å². The Morgan fingerprint density at radius 2 is 2.14 bits per heavy atom. The number of rotatable bonds is 5. The molecule has 0 saturated heterocycles. The van der Waals surface area contributed by atoms with E-state index in [1.165, 1.54) is 29.2 Å². The topological polar surface area (TPSA) is 105 Å². The highest BCUT2D eigenvalue weighted by Gasteiger charge is 2.16. The summed E-state index contributed by atoms with van der Waals surface area (Å²) in [6, 6.07) is 7.53. The lowest BCUT2D eigenvalue weighted by molar-refractivity contribution is -0.113. The molecular weight excluding hydrogens is 396 g/mol. The maximum absolute atomic E-state index is 12.4. The molecule has 0 fully saturated rings. The quantitative estimate of drug-likeness (QED) is 0.486. The second kappa shape index (κ2) is 7.36. The average Bonchev–Trinajstić information content (AvgIpc) is 3.21. The minimum absolute atomic E-state index is 0.111. The lowest BCUT2D eigenvalue weighted by Crippen LogP contribution is -2.15. The van der Waals surface area contributed by atoms with E-state index in [4.69, 9.17) is 0 Å². The largest absolute Gasteiger partial charge is 0.301 e. The number of anilines is 1. The van der Waals surface area contributed by atoms with Crippen LogP contribution in [0.15, 0.2) is 34.2 Å². The van der Waals surface area contributed by atoms with Crippen molar-refractivity contribution in [2.45, 2.75) is 31.8 Å². The maximum atomic E-state index is 12.4. The fourth-order valence-corrected chi connectivity index (χ4v) is 4.55. The number of carbonyl (C=O) groups is 1. The molecule has 3 aromatic heterocycles. The number of hydrogen-bond acceptors (Lipinski definition) is 7. The first kappa shape index (κ1) is 18.6. The predicted octanol–water partition coefficient (Wildman–Crippen LogP) is 3.19. The number of thioether (sulfide) groups is 1. The summed E-state index contributed by atoms with van der Waals surface area (Å²) in [4.78, 5) is 31.3. The van der Waals surface area contributed by atoms with E-state index in [1.807, 2.05) is 39.0 Å². The third kappa shape index (κ3) is 3.65. The van der Waals surface area contributed by atoms with Gasteiger partial charge in [-0.2, -0.15) is 0 Å². The van der Waals surface area contributed by atoms with E-state index < -0.39 is 0 Å². The standard InChI is InChI=1S/C18H18N6O2S2/c1-9(2)12-7-14(25)20-16-22-23-18(24(12)16)27-8-15(26)21-17-19-11-5-4-10(3)6-13(11)28-17/h4-7,9H,8H2,1-3H3,(H,19,21,26)(H,20,22,25). The fraction of sp³-hybridized carbons (Fsp3) is 0.278. The van der Waals surface area contributed by atoms with Crippen molar-refractivity contribution in [1.82, 2.24) is 24.6 Å². The first-order chi connectivity index (χ1) is 13.4. The van der Waals surface area contributed by atoms with Gasteiger partial charge in [0.25, 0.3) is 5.56 Å². The zero-order valence-electron chi connectivity index (χ0n) is 15.5. The summed E-state index contributed by atoms with van der Waals surface area (Å²) >= 11 is 2.71. The molecule has 1 aromatic carbocycles. The summed E-state index contributed by atoms with van der Waals surface area (Å²) in [5.41, 5.74) is 2.60. The molecule has 4 rings (SSSR count). The fourth-order valence-electron chi connectivity index (χ4n) is 2.82. The number of amides is 1. The summed E-state index contributed by atoms with van der Waals surface area (Å²) in [5.74, 6) is 0.473. The zero-order chi connectivity index (χ0) is 19.8. The van der Waals surface area contributed by atoms with Crippen LogP contribution in [0.2, 0.25) is 0 Å². The van der Waals surface area contributed by atoms with Crippen LogP contribution in [0.4, 0.5) is 5.13 Å². The molecular formula is C18H18N6O2S2. The third-order valence-corrected chi connectivity index (χ3v) is 5.98. The van der Waals surface area contributed by atoms with Crippen molar-refractivity contribution in [3.05, 3.63) is 45.9 Å². The Kier molecular flexibility index (Phi) is 4.90. The molecule has 1 amide bonds. The zero-order valence-corrected chi connectivity index (χ0v) is 17.1. The molecule has 8 nitrogen and oxygen atoms in total. The Hall–Kier alpha value is -2.72. The Bertz CT molecular complexity index is 1240. The SMILES string of the molecule is Cc1ccc2nc(NC(=O)CSc3nnc4[nH]c(=O)cc(C(C)C)n34)sc2c1. The van der Waals surface area contributed by atoms with Crippen LogP contribution in [-0.4, -0.2) is 36.2 Å². The Balaban J connectivity index is 1.51. The van der Waals surface area contributed by atoms with Crippen molar-refractivity contribution < 1.29 is 4.79 Å². The molecule has 0 aliphatic heterocycles. The first-order valence-corrected chi connectivity index (χ1v) is 10.5. The monoisotopic (exact) mass is 414 g/mol. The number of carbonyl (C=O) groups excluding carboxylic acids is 1. The number of nitrogens with one attached hydrogen (secondary N) is 2. The molecule has 3 heterocycles. The van der Waals surface area contributed by atoms with E-state index in [9.17, 15) is 9.59 Å². The number of nitrogens with zero attached hydrogens (tertiary/aromatic N) is 4. The molecule has 2 N–H and O–H groups in total. The number of H-pyrrole nitrogens is 1. The summed E-state index contributed by atoms with van der Waals surface area (Å²) in [7, 11) is 0. The van der Waals surface area contributed by atoms with Gasteiger partial charge in [-0.15, -0.1) is 10.2 Å². The van der Waals surface area contributed by atoms with E-state index in [0.29, 0.717) is 16.1 Å². The number of aryl methyl sites for hydroxylation is 1. The van der Waals surface area contributed by atoms with E-state index in [-0.39, 0.29) is 23.1 Å². The smallest absolute Gasteiger partial charge is 0.252 e. The second-order valence-corrected chi connectivity index (χ2v) is 8.65. The van der Waals surface area contributed by atoms with Crippen LogP contribution >= 0.6 is 23.1 Å². The summed E-state index contributed by atoms with van der Waals surface area (Å²) in [6.45, 7) is 6.00. The molecule has 0 atom stereocenters. The maximum Gasteiger partial charge on any atom is 0.252 e. The summed E-state index contributed by atoms with van der Waals surface area (Å²) < 4.78 is 2.82. The van der Waals surface area contributed by atoms with Gasteiger partial charge < -0.3 is 5.32 Å². The highest BCUT2D eigenvalue weighted by molar-refractivity contribution is 7.99. The second-order valence-electron chi connectivity index (χ2n) is 6.68. The highest BCUT2D eigenvalue weighted by Crippen LogP contribution is 2.27. The van der Waals surface area contributed by atoms with E-state index in [0.717, 1.165) is 21.5 Å². The Morgan fingerprint density at radius 3 is 2.93 bits per heavy atom. The van der Waals surface area contributed by atoms with Gasteiger partial charge in [0.15, 0.2) is 10.3 Å². The van der Waals surface area contributed by atoms with Crippen molar-refractivity contribution in [2.75, 3.05) is 11.1 Å². The van der Waals surface area contributed by atoms with Crippen molar-refractivity contribution >= 4 is 50.1 Å². The first-order valence-electron chi connectivity index (χ1n) is 8.69. The van der Waals surface area contributed by atoms with Gasteiger partial charge in [0.2, 0.25) is 11.7 Å². The van der Waals surface area contributed by atoms with Crippen LogP contribution in [0.3, 0.4) is 0 Å². The number of thiazole rings is 1. The molecule has 4 aromatic rings. The van der Waals surface area contributed by atoms with Crippen LogP contribution in [0.25, 0.3) is 16.0 Å². The van der Waals surface area contributed by atoms with E-state index in [1.54, 1.807) is 4.40 Å².